The number of nitrogens with zero attached hydrogens (tertiary/aromatic N) is 2. The summed E-state index contributed by atoms with van der Waals surface area (Å²) >= 11 is 0. The fraction of sp³-hybridized carbons (Fsp3) is 0.556. The maximum absolute atomic E-state index is 12.8. The van der Waals surface area contributed by atoms with E-state index in [4.69, 9.17) is 0 Å². The standard InChI is InChI=1S/C18H24N2O3/c1-12(21)19(2)16-8-7-15(17(16)22)18(23)20-10-9-13-5-3-4-6-14(13)11-20/h3-6,15-17,22H,7-11H2,1-2H3/t15-,16-,17+/m1/s1. The van der Waals surface area contributed by atoms with Gasteiger partial charge in [-0.05, 0) is 30.4 Å². The molecule has 0 saturated heterocycles. The second-order valence-electron chi connectivity index (χ2n) is 6.65. The van der Waals surface area contributed by atoms with E-state index in [9.17, 15) is 14.7 Å². The highest BCUT2D eigenvalue weighted by Crippen LogP contribution is 2.32. The third kappa shape index (κ3) is 2.98. The van der Waals surface area contributed by atoms with Gasteiger partial charge in [0, 0.05) is 27.1 Å². The van der Waals surface area contributed by atoms with Gasteiger partial charge in [0.05, 0.1) is 18.1 Å². The molecule has 5 heteroatoms. The summed E-state index contributed by atoms with van der Waals surface area (Å²) in [5.74, 6) is -0.451. The number of fused-ring (bicyclic) bond motifs is 1. The highest BCUT2D eigenvalue weighted by molar-refractivity contribution is 5.80. The third-order valence-corrected chi connectivity index (χ3v) is 5.33. The molecule has 124 valence electrons. The molecule has 1 N–H and O–H groups in total. The number of carbonyl (C=O) groups excluding carboxylic acids is 2. The third-order valence-electron chi connectivity index (χ3n) is 5.33. The number of amides is 2. The molecular weight excluding hydrogens is 292 g/mol. The normalized spacial score (nSPS) is 26.7. The zero-order valence-corrected chi connectivity index (χ0v) is 13.7. The van der Waals surface area contributed by atoms with Crippen molar-refractivity contribution in [1.82, 2.24) is 9.80 Å². The molecule has 0 spiro atoms. The molecule has 1 aromatic carbocycles. The van der Waals surface area contributed by atoms with Crippen LogP contribution in [0.3, 0.4) is 0 Å². The fourth-order valence-corrected chi connectivity index (χ4v) is 3.80. The van der Waals surface area contributed by atoms with Gasteiger partial charge >= 0.3 is 0 Å². The van der Waals surface area contributed by atoms with Gasteiger partial charge in [0.15, 0.2) is 0 Å². The zero-order chi connectivity index (χ0) is 16.6. The van der Waals surface area contributed by atoms with Gasteiger partial charge < -0.3 is 14.9 Å². The zero-order valence-electron chi connectivity index (χ0n) is 13.7. The number of likely N-dealkylation sites (N-methyl/N-ethyl adjacent to an activating group) is 1. The lowest BCUT2D eigenvalue weighted by Crippen LogP contribution is -2.47. The summed E-state index contributed by atoms with van der Waals surface area (Å²) in [4.78, 5) is 27.7. The molecule has 3 atom stereocenters. The Balaban J connectivity index is 1.69. The van der Waals surface area contributed by atoms with Crippen LogP contribution in [-0.2, 0) is 22.6 Å². The second-order valence-corrected chi connectivity index (χ2v) is 6.65. The maximum atomic E-state index is 12.8. The molecule has 2 aliphatic rings. The number of benzene rings is 1. The number of carbonyl (C=O) groups is 2. The van der Waals surface area contributed by atoms with E-state index in [1.54, 1.807) is 11.9 Å². The highest BCUT2D eigenvalue weighted by atomic mass is 16.3. The minimum atomic E-state index is -0.770. The summed E-state index contributed by atoms with van der Waals surface area (Å²) in [5.41, 5.74) is 2.50. The van der Waals surface area contributed by atoms with Crippen LogP contribution >= 0.6 is 0 Å². The average Bonchev–Trinajstić information content (AvgIpc) is 2.94. The van der Waals surface area contributed by atoms with Crippen molar-refractivity contribution in [2.24, 2.45) is 5.92 Å². The van der Waals surface area contributed by atoms with Gasteiger partial charge in [-0.2, -0.15) is 0 Å². The van der Waals surface area contributed by atoms with Crippen molar-refractivity contribution in [2.75, 3.05) is 13.6 Å². The van der Waals surface area contributed by atoms with Gasteiger partial charge in [0.25, 0.3) is 0 Å². The van der Waals surface area contributed by atoms with Crippen LogP contribution in [0.5, 0.6) is 0 Å². The van der Waals surface area contributed by atoms with Crippen LogP contribution in [0.1, 0.15) is 30.9 Å². The highest BCUT2D eigenvalue weighted by Gasteiger charge is 2.43. The molecule has 1 aromatic rings. The van der Waals surface area contributed by atoms with E-state index in [-0.39, 0.29) is 17.9 Å². The molecule has 3 rings (SSSR count). The van der Waals surface area contributed by atoms with E-state index in [1.165, 1.54) is 18.1 Å². The van der Waals surface area contributed by atoms with Crippen molar-refractivity contribution in [3.63, 3.8) is 0 Å². The monoisotopic (exact) mass is 316 g/mol. The second kappa shape index (κ2) is 6.32. The summed E-state index contributed by atoms with van der Waals surface area (Å²) in [7, 11) is 1.69. The van der Waals surface area contributed by atoms with E-state index in [0.717, 1.165) is 6.42 Å². The molecule has 1 fully saturated rings. The molecular formula is C18H24N2O3. The van der Waals surface area contributed by atoms with Gasteiger partial charge in [-0.1, -0.05) is 24.3 Å². The number of hydrogen-bond donors (Lipinski definition) is 1. The average molecular weight is 316 g/mol. The molecule has 23 heavy (non-hydrogen) atoms. The van der Waals surface area contributed by atoms with Crippen LogP contribution in [0.25, 0.3) is 0 Å². The quantitative estimate of drug-likeness (QED) is 0.891. The Morgan fingerprint density at radius 2 is 1.91 bits per heavy atom. The smallest absolute Gasteiger partial charge is 0.228 e. The summed E-state index contributed by atoms with van der Waals surface area (Å²) in [5, 5.41) is 10.5. The molecule has 1 heterocycles. The van der Waals surface area contributed by atoms with Crippen LogP contribution < -0.4 is 0 Å². The van der Waals surface area contributed by atoms with Crippen molar-refractivity contribution in [1.29, 1.82) is 0 Å². The predicted octanol–water partition coefficient (Wildman–Crippen LogP) is 1.19. The first-order valence-corrected chi connectivity index (χ1v) is 8.26. The molecule has 1 aliphatic carbocycles. The molecule has 2 amide bonds. The number of aliphatic hydroxyl groups excluding tert-OH is 1. The summed E-state index contributed by atoms with van der Waals surface area (Å²) < 4.78 is 0. The Labute approximate surface area is 136 Å². The Morgan fingerprint density at radius 1 is 1.22 bits per heavy atom. The van der Waals surface area contributed by atoms with Gasteiger partial charge in [-0.25, -0.2) is 0 Å². The van der Waals surface area contributed by atoms with Crippen molar-refractivity contribution < 1.29 is 14.7 Å². The Morgan fingerprint density at radius 3 is 2.61 bits per heavy atom. The molecule has 0 radical (unpaired) electrons. The lowest BCUT2D eigenvalue weighted by atomic mass is 9.97. The van der Waals surface area contributed by atoms with Gasteiger partial charge in [-0.3, -0.25) is 9.59 Å². The van der Waals surface area contributed by atoms with Crippen molar-refractivity contribution in [2.45, 2.75) is 44.9 Å². The van der Waals surface area contributed by atoms with Crippen LogP contribution in [0, 0.1) is 5.92 Å². The first kappa shape index (κ1) is 16.0. The number of hydrogen-bond acceptors (Lipinski definition) is 3. The maximum Gasteiger partial charge on any atom is 0.228 e. The molecule has 0 bridgehead atoms. The Bertz CT molecular complexity index is 616. The molecule has 1 saturated carbocycles. The molecule has 0 unspecified atom stereocenters. The van der Waals surface area contributed by atoms with E-state index in [2.05, 4.69) is 12.1 Å². The first-order chi connectivity index (χ1) is 11.0. The Hall–Kier alpha value is -1.88. The van der Waals surface area contributed by atoms with Gasteiger partial charge in [0.2, 0.25) is 11.8 Å². The van der Waals surface area contributed by atoms with E-state index in [1.807, 2.05) is 17.0 Å². The van der Waals surface area contributed by atoms with E-state index in [0.29, 0.717) is 25.9 Å². The minimum Gasteiger partial charge on any atom is -0.390 e. The first-order valence-electron chi connectivity index (χ1n) is 8.26. The lowest BCUT2D eigenvalue weighted by Gasteiger charge is -2.33. The molecule has 0 aromatic heterocycles. The minimum absolute atomic E-state index is 0.0199. The summed E-state index contributed by atoms with van der Waals surface area (Å²) in [6.07, 6.45) is 1.41. The van der Waals surface area contributed by atoms with E-state index >= 15 is 0 Å². The van der Waals surface area contributed by atoms with Gasteiger partial charge in [-0.15, -0.1) is 0 Å². The predicted molar refractivity (Wildman–Crippen MR) is 86.5 cm³/mol. The molecule has 5 nitrogen and oxygen atoms in total. The Kier molecular flexibility index (Phi) is 4.39. The number of aliphatic hydroxyl groups is 1. The topological polar surface area (TPSA) is 60.9 Å². The summed E-state index contributed by atoms with van der Waals surface area (Å²) in [6.45, 7) is 2.81. The molecule has 1 aliphatic heterocycles. The SMILES string of the molecule is CC(=O)N(C)[C@@H]1CC[C@@H](C(=O)N2CCc3ccccc3C2)[C@@H]1O. The fourth-order valence-electron chi connectivity index (χ4n) is 3.80. The van der Waals surface area contributed by atoms with Crippen LogP contribution in [0.4, 0.5) is 0 Å². The van der Waals surface area contributed by atoms with Gasteiger partial charge in [0.1, 0.15) is 0 Å². The van der Waals surface area contributed by atoms with Crippen LogP contribution in [0.15, 0.2) is 24.3 Å². The van der Waals surface area contributed by atoms with Crippen molar-refractivity contribution in [3.05, 3.63) is 35.4 Å². The lowest BCUT2D eigenvalue weighted by molar-refractivity contribution is -0.141. The summed E-state index contributed by atoms with van der Waals surface area (Å²) in [6, 6.07) is 7.94. The van der Waals surface area contributed by atoms with E-state index < -0.39 is 12.0 Å². The van der Waals surface area contributed by atoms with Crippen molar-refractivity contribution in [3.8, 4) is 0 Å². The van der Waals surface area contributed by atoms with Crippen LogP contribution in [-0.4, -0.2) is 52.5 Å². The largest absolute Gasteiger partial charge is 0.390 e. The van der Waals surface area contributed by atoms with Crippen molar-refractivity contribution >= 4 is 11.8 Å². The van der Waals surface area contributed by atoms with Crippen LogP contribution in [0.2, 0.25) is 0 Å². The number of rotatable bonds is 2.